The van der Waals surface area contributed by atoms with Crippen LogP contribution in [0.5, 0.6) is 0 Å². The van der Waals surface area contributed by atoms with Crippen molar-refractivity contribution in [2.45, 2.75) is 25.9 Å². The molecule has 174 valence electrons. The average Bonchev–Trinajstić information content (AvgIpc) is 3.52. The Morgan fingerprint density at radius 2 is 2.03 bits per heavy atom. The highest BCUT2D eigenvalue weighted by Gasteiger charge is 2.44. The van der Waals surface area contributed by atoms with E-state index in [1.807, 2.05) is 11.0 Å². The van der Waals surface area contributed by atoms with Gasteiger partial charge >= 0.3 is 6.03 Å². The molecule has 0 bridgehead atoms. The van der Waals surface area contributed by atoms with Crippen molar-refractivity contribution in [3.05, 3.63) is 48.8 Å². The van der Waals surface area contributed by atoms with Gasteiger partial charge < -0.3 is 10.2 Å². The first kappa shape index (κ1) is 20.7. The first-order valence-electron chi connectivity index (χ1n) is 11.3. The van der Waals surface area contributed by atoms with Crippen molar-refractivity contribution in [1.29, 1.82) is 0 Å². The quantitative estimate of drug-likeness (QED) is 0.473. The Morgan fingerprint density at radius 3 is 2.71 bits per heavy atom. The highest BCUT2D eigenvalue weighted by atomic mass is 19.1. The molecular formula is C23H24FN9O. The number of hydrogen-bond acceptors (Lipinski definition) is 6. The Bertz CT molecular complexity index is 1360. The highest BCUT2D eigenvalue weighted by Crippen LogP contribution is 2.32. The van der Waals surface area contributed by atoms with Crippen molar-refractivity contribution in [1.82, 2.24) is 40.0 Å². The number of H-pyrrole nitrogens is 1. The zero-order valence-electron chi connectivity index (χ0n) is 18.8. The molecule has 0 radical (unpaired) electrons. The van der Waals surface area contributed by atoms with Crippen molar-refractivity contribution in [2.75, 3.05) is 24.5 Å². The molecule has 3 aromatic heterocycles. The standard InChI is InChI=1S/C23H24FN9O/c1-13(2)19-11-31(15-8-25-9-15)23(34)33(19)20-5-6-32-22(29-20)17(10-28-32)14-3-4-16(18(24)7-14)21-26-12-27-30-21/h3-7,10,12-13,15,19,25H,8-9,11H2,1-2H3,(H,26,27,30). The first-order valence-corrected chi connectivity index (χ1v) is 11.3. The minimum Gasteiger partial charge on any atom is -0.317 e. The summed E-state index contributed by atoms with van der Waals surface area (Å²) < 4.78 is 16.5. The summed E-state index contributed by atoms with van der Waals surface area (Å²) in [6.07, 6.45) is 4.86. The highest BCUT2D eigenvalue weighted by molar-refractivity contribution is 5.95. The van der Waals surface area contributed by atoms with Crippen LogP contribution in [0.4, 0.5) is 15.0 Å². The molecule has 2 fully saturated rings. The molecule has 2 aliphatic rings. The number of urea groups is 1. The van der Waals surface area contributed by atoms with Crippen LogP contribution < -0.4 is 10.2 Å². The third-order valence-corrected chi connectivity index (χ3v) is 6.67. The summed E-state index contributed by atoms with van der Waals surface area (Å²) in [7, 11) is 0. The number of rotatable bonds is 5. The number of hydrogen-bond donors (Lipinski definition) is 2. The van der Waals surface area contributed by atoms with Crippen LogP contribution in [0.3, 0.4) is 0 Å². The van der Waals surface area contributed by atoms with E-state index in [-0.39, 0.29) is 24.0 Å². The lowest BCUT2D eigenvalue weighted by Crippen LogP contribution is -2.58. The van der Waals surface area contributed by atoms with Crippen LogP contribution in [-0.4, -0.2) is 72.4 Å². The van der Waals surface area contributed by atoms with Gasteiger partial charge in [-0.2, -0.15) is 10.2 Å². The smallest absolute Gasteiger partial charge is 0.317 e. The number of benzene rings is 1. The van der Waals surface area contributed by atoms with Crippen molar-refractivity contribution in [3.63, 3.8) is 0 Å². The number of carbonyl (C=O) groups excluding carboxylic acids is 1. The van der Waals surface area contributed by atoms with Gasteiger partial charge in [0.15, 0.2) is 11.5 Å². The molecule has 6 rings (SSSR count). The van der Waals surface area contributed by atoms with Crippen molar-refractivity contribution < 1.29 is 9.18 Å². The topological polar surface area (TPSA) is 107 Å². The van der Waals surface area contributed by atoms with E-state index in [4.69, 9.17) is 4.98 Å². The minimum absolute atomic E-state index is 0.0208. The molecule has 2 N–H and O–H groups in total. The largest absolute Gasteiger partial charge is 0.326 e. The molecule has 1 aromatic carbocycles. The molecule has 34 heavy (non-hydrogen) atoms. The predicted octanol–water partition coefficient (Wildman–Crippen LogP) is 2.56. The summed E-state index contributed by atoms with van der Waals surface area (Å²) in [4.78, 5) is 26.0. The fraction of sp³-hybridized carbons (Fsp3) is 0.348. The van der Waals surface area contributed by atoms with Gasteiger partial charge in [0.25, 0.3) is 0 Å². The number of halogens is 1. The van der Waals surface area contributed by atoms with Gasteiger partial charge in [-0.15, -0.1) is 0 Å². The van der Waals surface area contributed by atoms with Gasteiger partial charge in [-0.05, 0) is 29.7 Å². The number of nitrogens with zero attached hydrogens (tertiary/aromatic N) is 7. The normalized spacial score (nSPS) is 18.9. The average molecular weight is 462 g/mol. The van der Waals surface area contributed by atoms with Crippen LogP contribution in [0.2, 0.25) is 0 Å². The van der Waals surface area contributed by atoms with Crippen LogP contribution in [0.15, 0.2) is 43.0 Å². The number of aromatic nitrogens is 6. The fourth-order valence-corrected chi connectivity index (χ4v) is 4.62. The summed E-state index contributed by atoms with van der Waals surface area (Å²) in [6.45, 7) is 6.55. The Balaban J connectivity index is 1.39. The maximum absolute atomic E-state index is 14.9. The fourth-order valence-electron chi connectivity index (χ4n) is 4.62. The Labute approximate surface area is 194 Å². The van der Waals surface area contributed by atoms with Gasteiger partial charge in [0, 0.05) is 31.4 Å². The number of anilines is 1. The molecule has 0 spiro atoms. The number of fused-ring (bicyclic) bond motifs is 1. The number of amides is 2. The number of aromatic amines is 1. The van der Waals surface area contributed by atoms with Crippen LogP contribution in [0, 0.1) is 11.7 Å². The third kappa shape index (κ3) is 3.23. The number of nitrogens with one attached hydrogen (secondary N) is 2. The molecule has 2 amide bonds. The second kappa shape index (κ2) is 7.87. The lowest BCUT2D eigenvalue weighted by Gasteiger charge is -2.35. The zero-order chi connectivity index (χ0) is 23.4. The van der Waals surface area contributed by atoms with Crippen LogP contribution >= 0.6 is 0 Å². The van der Waals surface area contributed by atoms with E-state index in [1.54, 1.807) is 33.9 Å². The molecule has 11 heteroatoms. The lowest BCUT2D eigenvalue weighted by atomic mass is 10.0. The van der Waals surface area contributed by atoms with E-state index in [0.29, 0.717) is 40.5 Å². The summed E-state index contributed by atoms with van der Waals surface area (Å²) in [5, 5.41) is 14.2. The molecule has 10 nitrogen and oxygen atoms in total. The molecule has 1 unspecified atom stereocenters. The molecular weight excluding hydrogens is 437 g/mol. The van der Waals surface area contributed by atoms with Gasteiger partial charge in [-0.25, -0.2) is 23.7 Å². The predicted molar refractivity (Wildman–Crippen MR) is 124 cm³/mol. The molecule has 4 aromatic rings. The van der Waals surface area contributed by atoms with Gasteiger partial charge in [-0.3, -0.25) is 10.00 Å². The van der Waals surface area contributed by atoms with Crippen LogP contribution in [0.25, 0.3) is 28.2 Å². The van der Waals surface area contributed by atoms with Crippen LogP contribution in [0.1, 0.15) is 13.8 Å². The summed E-state index contributed by atoms with van der Waals surface area (Å²) in [5.41, 5.74) is 2.17. The van der Waals surface area contributed by atoms with Crippen molar-refractivity contribution >= 4 is 17.5 Å². The Hall–Kier alpha value is -3.86. The van der Waals surface area contributed by atoms with E-state index in [9.17, 15) is 9.18 Å². The maximum Gasteiger partial charge on any atom is 0.326 e. The second-order valence-electron chi connectivity index (χ2n) is 9.06. The van der Waals surface area contributed by atoms with Crippen molar-refractivity contribution in [3.8, 4) is 22.5 Å². The molecule has 0 aliphatic carbocycles. The van der Waals surface area contributed by atoms with E-state index >= 15 is 0 Å². The maximum atomic E-state index is 14.9. The monoisotopic (exact) mass is 461 g/mol. The first-order chi connectivity index (χ1) is 16.5. The van der Waals surface area contributed by atoms with Gasteiger partial charge in [0.1, 0.15) is 18.0 Å². The second-order valence-corrected chi connectivity index (χ2v) is 9.06. The SMILES string of the molecule is CC(C)C1CN(C2CNC2)C(=O)N1c1ccn2ncc(-c3ccc(-c4nc[nH]n4)c(F)c3)c2n1. The molecule has 5 heterocycles. The Kier molecular flexibility index (Phi) is 4.80. The van der Waals surface area contributed by atoms with Crippen molar-refractivity contribution in [2.24, 2.45) is 5.92 Å². The summed E-state index contributed by atoms with van der Waals surface area (Å²) in [5.74, 6) is 0.696. The molecule has 2 aliphatic heterocycles. The summed E-state index contributed by atoms with van der Waals surface area (Å²) in [6, 6.07) is 6.90. The van der Waals surface area contributed by atoms with E-state index < -0.39 is 5.82 Å². The van der Waals surface area contributed by atoms with Gasteiger partial charge in [0.2, 0.25) is 0 Å². The van der Waals surface area contributed by atoms with Crippen LogP contribution in [-0.2, 0) is 0 Å². The van der Waals surface area contributed by atoms with E-state index in [2.05, 4.69) is 39.4 Å². The van der Waals surface area contributed by atoms with Gasteiger partial charge in [-0.1, -0.05) is 19.9 Å². The minimum atomic E-state index is -0.438. The molecule has 1 atom stereocenters. The lowest BCUT2D eigenvalue weighted by molar-refractivity contribution is 0.172. The number of carbonyl (C=O) groups is 1. The molecule has 2 saturated heterocycles. The van der Waals surface area contributed by atoms with E-state index in [0.717, 1.165) is 13.1 Å². The van der Waals surface area contributed by atoms with Gasteiger partial charge in [0.05, 0.1) is 23.8 Å². The third-order valence-electron chi connectivity index (χ3n) is 6.67. The van der Waals surface area contributed by atoms with E-state index in [1.165, 1.54) is 12.4 Å². The molecule has 0 saturated carbocycles. The Morgan fingerprint density at radius 1 is 1.18 bits per heavy atom. The zero-order valence-corrected chi connectivity index (χ0v) is 18.8. The summed E-state index contributed by atoms with van der Waals surface area (Å²) >= 11 is 0.